The van der Waals surface area contributed by atoms with E-state index in [2.05, 4.69) is 33.3 Å². The number of imidazole rings is 1. The van der Waals surface area contributed by atoms with Crippen molar-refractivity contribution in [3.05, 3.63) is 40.1 Å². The molecule has 1 fully saturated rings. The smallest absolute Gasteiger partial charge is 0.255 e. The molecule has 0 saturated carbocycles. The number of piperazine rings is 1. The molecule has 0 N–H and O–H groups in total. The van der Waals surface area contributed by atoms with Crippen LogP contribution in [0.3, 0.4) is 0 Å². The van der Waals surface area contributed by atoms with Gasteiger partial charge in [0.2, 0.25) is 0 Å². The molecule has 2 aliphatic heterocycles. The third-order valence-corrected chi connectivity index (χ3v) is 6.07. The van der Waals surface area contributed by atoms with Gasteiger partial charge in [-0.1, -0.05) is 0 Å². The lowest BCUT2D eigenvalue weighted by Crippen LogP contribution is -2.45. The Morgan fingerprint density at radius 3 is 2.76 bits per heavy atom. The summed E-state index contributed by atoms with van der Waals surface area (Å²) in [7, 11) is 2.18. The number of carbonyl (C=O) groups excluding carboxylic acids is 1. The summed E-state index contributed by atoms with van der Waals surface area (Å²) in [5, 5.41) is 3.88. The number of amides is 1. The molecule has 4 heterocycles. The Bertz CT molecular complexity index is 733. The number of fused-ring (bicyclic) bond motifs is 1. The fourth-order valence-corrected chi connectivity index (χ4v) is 4.38. The van der Waals surface area contributed by atoms with E-state index in [1.165, 1.54) is 5.69 Å². The van der Waals surface area contributed by atoms with E-state index in [1.54, 1.807) is 11.3 Å². The number of nitrogens with zero attached hydrogens (tertiary/aromatic N) is 5. The predicted molar refractivity (Wildman–Crippen MR) is 98.8 cm³/mol. The topological polar surface area (TPSA) is 44.6 Å². The van der Waals surface area contributed by atoms with Gasteiger partial charge in [-0.05, 0) is 25.4 Å². The molecule has 1 saturated heterocycles. The summed E-state index contributed by atoms with van der Waals surface area (Å²) in [5.74, 6) is 1.13. The molecule has 0 aliphatic carbocycles. The molecule has 1 atom stereocenters. The minimum Gasteiger partial charge on any atom is -0.327 e. The van der Waals surface area contributed by atoms with Gasteiger partial charge >= 0.3 is 0 Å². The standard InChI is InChI=1S/C18H25N5OS/c1-14-17-19-11-16(12-21-6-4-20(2)5-7-21)23(17)9-8-22(14)18(24)15-3-10-25-13-15/h3,10-11,13-14H,4-9,12H2,1-2H3/t14-/m1/s1. The third-order valence-electron chi connectivity index (χ3n) is 5.39. The molecule has 4 rings (SSSR count). The molecule has 0 aromatic carbocycles. The summed E-state index contributed by atoms with van der Waals surface area (Å²) in [4.78, 5) is 24.2. The zero-order chi connectivity index (χ0) is 17.4. The Balaban J connectivity index is 1.48. The van der Waals surface area contributed by atoms with Crippen molar-refractivity contribution >= 4 is 17.2 Å². The zero-order valence-corrected chi connectivity index (χ0v) is 15.7. The first kappa shape index (κ1) is 16.8. The highest BCUT2D eigenvalue weighted by Gasteiger charge is 2.31. The van der Waals surface area contributed by atoms with E-state index in [-0.39, 0.29) is 11.9 Å². The normalized spacial score (nSPS) is 22.2. The molecule has 1 amide bonds. The van der Waals surface area contributed by atoms with Crippen LogP contribution in [0.25, 0.3) is 0 Å². The van der Waals surface area contributed by atoms with Crippen LogP contribution < -0.4 is 0 Å². The predicted octanol–water partition coefficient (Wildman–Crippen LogP) is 1.91. The molecule has 0 spiro atoms. The van der Waals surface area contributed by atoms with E-state index >= 15 is 0 Å². The Morgan fingerprint density at radius 2 is 2.04 bits per heavy atom. The monoisotopic (exact) mass is 359 g/mol. The first-order chi connectivity index (χ1) is 12.1. The van der Waals surface area contributed by atoms with Crippen molar-refractivity contribution in [3.63, 3.8) is 0 Å². The van der Waals surface area contributed by atoms with Crippen LogP contribution in [0.4, 0.5) is 0 Å². The number of hydrogen-bond donors (Lipinski definition) is 0. The Hall–Kier alpha value is -1.70. The largest absolute Gasteiger partial charge is 0.327 e. The maximum atomic E-state index is 12.7. The Kier molecular flexibility index (Phi) is 4.62. The Labute approximate surface area is 152 Å². The van der Waals surface area contributed by atoms with Gasteiger partial charge in [0.15, 0.2) is 0 Å². The van der Waals surface area contributed by atoms with Crippen molar-refractivity contribution in [3.8, 4) is 0 Å². The number of carbonyl (C=O) groups is 1. The molecule has 0 unspecified atom stereocenters. The van der Waals surface area contributed by atoms with Gasteiger partial charge in [0.1, 0.15) is 5.82 Å². The van der Waals surface area contributed by atoms with Crippen LogP contribution in [0, 0.1) is 0 Å². The number of aromatic nitrogens is 2. The molecule has 0 radical (unpaired) electrons. The molecule has 0 bridgehead atoms. The van der Waals surface area contributed by atoms with E-state index in [0.717, 1.165) is 57.2 Å². The van der Waals surface area contributed by atoms with Gasteiger partial charge in [0.05, 0.1) is 17.3 Å². The summed E-state index contributed by atoms with van der Waals surface area (Å²) in [5.41, 5.74) is 2.06. The number of likely N-dealkylation sites (N-methyl/N-ethyl adjacent to an activating group) is 1. The summed E-state index contributed by atoms with van der Waals surface area (Å²) in [6.07, 6.45) is 2.00. The maximum absolute atomic E-state index is 12.7. The lowest BCUT2D eigenvalue weighted by Gasteiger charge is -2.35. The summed E-state index contributed by atoms with van der Waals surface area (Å²) < 4.78 is 2.32. The van der Waals surface area contributed by atoms with Crippen LogP contribution in [-0.4, -0.2) is 69.9 Å². The highest BCUT2D eigenvalue weighted by atomic mass is 32.1. The molecule has 2 aliphatic rings. The summed E-state index contributed by atoms with van der Waals surface area (Å²) >= 11 is 1.57. The van der Waals surface area contributed by atoms with Crippen LogP contribution in [0.2, 0.25) is 0 Å². The second-order valence-electron chi connectivity index (χ2n) is 7.03. The highest BCUT2D eigenvalue weighted by molar-refractivity contribution is 7.08. The van der Waals surface area contributed by atoms with Crippen LogP contribution >= 0.6 is 11.3 Å². The number of hydrogen-bond acceptors (Lipinski definition) is 5. The first-order valence-electron chi connectivity index (χ1n) is 8.92. The summed E-state index contributed by atoms with van der Waals surface area (Å²) in [6.45, 7) is 9.08. The van der Waals surface area contributed by atoms with E-state index < -0.39 is 0 Å². The van der Waals surface area contributed by atoms with Crippen LogP contribution in [0.5, 0.6) is 0 Å². The van der Waals surface area contributed by atoms with E-state index in [1.807, 2.05) is 27.9 Å². The minimum atomic E-state index is 0.0161. The van der Waals surface area contributed by atoms with E-state index in [9.17, 15) is 4.79 Å². The molecular weight excluding hydrogens is 334 g/mol. The van der Waals surface area contributed by atoms with Crippen LogP contribution in [0.1, 0.15) is 34.8 Å². The quantitative estimate of drug-likeness (QED) is 0.840. The van der Waals surface area contributed by atoms with Gasteiger partial charge in [-0.2, -0.15) is 11.3 Å². The van der Waals surface area contributed by atoms with Crippen molar-refractivity contribution in [1.82, 2.24) is 24.3 Å². The van der Waals surface area contributed by atoms with E-state index in [0.29, 0.717) is 0 Å². The maximum Gasteiger partial charge on any atom is 0.255 e. The lowest BCUT2D eigenvalue weighted by molar-refractivity contribution is 0.0634. The van der Waals surface area contributed by atoms with Crippen LogP contribution in [0.15, 0.2) is 23.0 Å². The molecule has 2 aromatic heterocycles. The third kappa shape index (κ3) is 3.23. The SMILES string of the molecule is C[C@@H]1c2ncc(CN3CCN(C)CC3)n2CCN1C(=O)c1ccsc1. The van der Waals surface area contributed by atoms with Gasteiger partial charge in [-0.15, -0.1) is 0 Å². The molecular formula is C18H25N5OS. The minimum absolute atomic E-state index is 0.0161. The average molecular weight is 359 g/mol. The van der Waals surface area contributed by atoms with Gasteiger partial charge in [-0.25, -0.2) is 4.98 Å². The number of thiophene rings is 1. The molecule has 6 nitrogen and oxygen atoms in total. The van der Waals surface area contributed by atoms with Crippen molar-refractivity contribution in [2.24, 2.45) is 0 Å². The van der Waals surface area contributed by atoms with Crippen molar-refractivity contribution < 1.29 is 4.79 Å². The lowest BCUT2D eigenvalue weighted by atomic mass is 10.1. The summed E-state index contributed by atoms with van der Waals surface area (Å²) in [6, 6.07) is 1.92. The first-order valence-corrected chi connectivity index (χ1v) is 9.86. The van der Waals surface area contributed by atoms with Gasteiger partial charge in [0.25, 0.3) is 5.91 Å². The fourth-order valence-electron chi connectivity index (χ4n) is 3.75. The molecule has 2 aromatic rings. The second kappa shape index (κ2) is 6.90. The van der Waals surface area contributed by atoms with Crippen molar-refractivity contribution in [2.45, 2.75) is 26.1 Å². The van der Waals surface area contributed by atoms with Crippen LogP contribution in [-0.2, 0) is 13.1 Å². The van der Waals surface area contributed by atoms with Gasteiger partial charge in [0, 0.05) is 57.4 Å². The average Bonchev–Trinajstić information content (AvgIpc) is 3.27. The fraction of sp³-hybridized carbons (Fsp3) is 0.556. The zero-order valence-electron chi connectivity index (χ0n) is 14.9. The highest BCUT2D eigenvalue weighted by Crippen LogP contribution is 2.27. The van der Waals surface area contributed by atoms with Gasteiger partial charge in [-0.3, -0.25) is 9.69 Å². The van der Waals surface area contributed by atoms with Crippen molar-refractivity contribution in [2.75, 3.05) is 39.8 Å². The molecule has 7 heteroatoms. The van der Waals surface area contributed by atoms with Crippen molar-refractivity contribution in [1.29, 1.82) is 0 Å². The number of rotatable bonds is 3. The Morgan fingerprint density at radius 1 is 1.24 bits per heavy atom. The van der Waals surface area contributed by atoms with E-state index in [4.69, 9.17) is 0 Å². The molecule has 25 heavy (non-hydrogen) atoms. The molecule has 134 valence electrons. The van der Waals surface area contributed by atoms with Gasteiger partial charge < -0.3 is 14.4 Å². The second-order valence-corrected chi connectivity index (χ2v) is 7.81.